The third-order valence-corrected chi connectivity index (χ3v) is 4.98. The number of hydrogen-bond donors (Lipinski definition) is 2. The second-order valence-electron chi connectivity index (χ2n) is 6.40. The minimum atomic E-state index is -0.0784. The van der Waals surface area contributed by atoms with Crippen LogP contribution in [-0.2, 0) is 0 Å². The molecule has 1 aromatic heterocycles. The van der Waals surface area contributed by atoms with Gasteiger partial charge in [0.15, 0.2) is 0 Å². The molecule has 0 spiro atoms. The summed E-state index contributed by atoms with van der Waals surface area (Å²) in [6.45, 7) is 4.67. The van der Waals surface area contributed by atoms with Crippen LogP contribution in [-0.4, -0.2) is 28.2 Å². The number of hydrogen-bond acceptors (Lipinski definition) is 4. The third-order valence-electron chi connectivity index (χ3n) is 4.98. The van der Waals surface area contributed by atoms with E-state index in [9.17, 15) is 9.50 Å². The molecule has 1 heterocycles. The fourth-order valence-electron chi connectivity index (χ4n) is 3.50. The number of aromatic nitrogens is 2. The van der Waals surface area contributed by atoms with Crippen LogP contribution in [0, 0.1) is 31.1 Å². The van der Waals surface area contributed by atoms with Crippen molar-refractivity contribution < 1.29 is 9.50 Å². The quantitative estimate of drug-likeness (QED) is 0.878. The molecular formula is C17H22FN3O. The van der Waals surface area contributed by atoms with Crippen molar-refractivity contribution in [3.63, 3.8) is 0 Å². The van der Waals surface area contributed by atoms with Crippen molar-refractivity contribution in [2.45, 2.75) is 26.7 Å². The molecule has 5 heteroatoms. The average Bonchev–Trinajstić information content (AvgIpc) is 3.21. The first-order valence-electron chi connectivity index (χ1n) is 7.73. The predicted molar refractivity (Wildman–Crippen MR) is 84.1 cm³/mol. The van der Waals surface area contributed by atoms with Crippen molar-refractivity contribution in [1.29, 1.82) is 0 Å². The summed E-state index contributed by atoms with van der Waals surface area (Å²) in [4.78, 5) is 8.57. The minimum absolute atomic E-state index is 0.0752. The first kappa shape index (κ1) is 15.2. The van der Waals surface area contributed by atoms with Gasteiger partial charge in [-0.1, -0.05) is 12.2 Å². The average molecular weight is 303 g/mol. The molecule has 0 aliphatic heterocycles. The van der Waals surface area contributed by atoms with Gasteiger partial charge < -0.3 is 10.4 Å². The van der Waals surface area contributed by atoms with Gasteiger partial charge >= 0.3 is 0 Å². The van der Waals surface area contributed by atoms with Crippen LogP contribution < -0.4 is 5.32 Å². The predicted octanol–water partition coefficient (Wildman–Crippen LogP) is 2.93. The molecular weight excluding hydrogens is 281 g/mol. The van der Waals surface area contributed by atoms with Crippen LogP contribution in [0.3, 0.4) is 0 Å². The normalized spacial score (nSPS) is 30.1. The molecule has 3 atom stereocenters. The lowest BCUT2D eigenvalue weighted by Crippen LogP contribution is -2.28. The summed E-state index contributed by atoms with van der Waals surface area (Å²) in [6.07, 6.45) is 8.52. The van der Waals surface area contributed by atoms with Gasteiger partial charge in [0.2, 0.25) is 0 Å². The molecule has 22 heavy (non-hydrogen) atoms. The van der Waals surface area contributed by atoms with Gasteiger partial charge in [-0.2, -0.15) is 0 Å². The van der Waals surface area contributed by atoms with E-state index in [2.05, 4.69) is 21.4 Å². The van der Waals surface area contributed by atoms with Gasteiger partial charge in [-0.05, 0) is 43.6 Å². The van der Waals surface area contributed by atoms with Gasteiger partial charge in [-0.3, -0.25) is 0 Å². The van der Waals surface area contributed by atoms with Crippen LogP contribution in [0.5, 0.6) is 0 Å². The van der Waals surface area contributed by atoms with E-state index in [-0.39, 0.29) is 29.7 Å². The van der Waals surface area contributed by atoms with Crippen LogP contribution in [0.25, 0.3) is 0 Å². The number of rotatable bonds is 5. The van der Waals surface area contributed by atoms with E-state index < -0.39 is 0 Å². The Kier molecular flexibility index (Phi) is 4.00. The fourth-order valence-corrected chi connectivity index (χ4v) is 3.50. The number of aliphatic hydroxyl groups is 1. The highest BCUT2D eigenvalue weighted by Crippen LogP contribution is 2.60. The highest BCUT2D eigenvalue weighted by atomic mass is 19.1. The summed E-state index contributed by atoms with van der Waals surface area (Å²) in [5.41, 5.74) is 1.74. The van der Waals surface area contributed by atoms with Gasteiger partial charge in [-0.25, -0.2) is 14.4 Å². The number of nitrogens with one attached hydrogen (secondary N) is 1. The molecule has 0 radical (unpaired) electrons. The van der Waals surface area contributed by atoms with Crippen LogP contribution in [0.4, 0.5) is 10.1 Å². The van der Waals surface area contributed by atoms with E-state index in [0.29, 0.717) is 13.0 Å². The molecule has 2 N–H and O–H groups in total. The van der Waals surface area contributed by atoms with Gasteiger partial charge in [0.1, 0.15) is 11.7 Å². The number of halogens is 1. The highest BCUT2D eigenvalue weighted by molar-refractivity contribution is 5.46. The molecule has 1 saturated carbocycles. The van der Waals surface area contributed by atoms with Gasteiger partial charge in [0, 0.05) is 19.6 Å². The summed E-state index contributed by atoms with van der Waals surface area (Å²) in [5.74, 6) is 1.03. The monoisotopic (exact) mass is 303 g/mol. The maximum Gasteiger partial charge on any atom is 0.125 e. The van der Waals surface area contributed by atoms with Crippen molar-refractivity contribution >= 4 is 5.69 Å². The topological polar surface area (TPSA) is 58.0 Å². The Bertz CT molecular complexity index is 628. The van der Waals surface area contributed by atoms with Gasteiger partial charge in [0.25, 0.3) is 0 Å². The molecule has 1 fully saturated rings. The second kappa shape index (κ2) is 5.80. The Hall–Kier alpha value is -1.75. The summed E-state index contributed by atoms with van der Waals surface area (Å²) >= 11 is 0. The SMILES string of the molecule is Cc1ncc(NC[C@@]2(C3C=CC=C(F)C3)C[C@H]2CO)c(C)n1. The molecule has 0 amide bonds. The zero-order valence-electron chi connectivity index (χ0n) is 13.0. The van der Waals surface area contributed by atoms with Gasteiger partial charge in [-0.15, -0.1) is 0 Å². The summed E-state index contributed by atoms with van der Waals surface area (Å²) in [6, 6.07) is 0. The molecule has 0 bridgehead atoms. The second-order valence-corrected chi connectivity index (χ2v) is 6.40. The molecule has 2 aliphatic carbocycles. The molecule has 118 valence electrons. The lowest BCUT2D eigenvalue weighted by molar-refractivity contribution is 0.228. The van der Waals surface area contributed by atoms with Crippen molar-refractivity contribution in [2.24, 2.45) is 17.3 Å². The smallest absolute Gasteiger partial charge is 0.125 e. The molecule has 2 aliphatic rings. The van der Waals surface area contributed by atoms with E-state index in [4.69, 9.17) is 0 Å². The third kappa shape index (κ3) is 2.77. The van der Waals surface area contributed by atoms with E-state index in [1.54, 1.807) is 12.3 Å². The first-order valence-corrected chi connectivity index (χ1v) is 7.73. The van der Waals surface area contributed by atoms with Crippen molar-refractivity contribution in [1.82, 2.24) is 9.97 Å². The first-order chi connectivity index (χ1) is 10.5. The van der Waals surface area contributed by atoms with Crippen LogP contribution in [0.15, 0.2) is 30.3 Å². The van der Waals surface area contributed by atoms with E-state index in [0.717, 1.165) is 23.6 Å². The van der Waals surface area contributed by atoms with Crippen LogP contribution in [0.1, 0.15) is 24.4 Å². The Morgan fingerprint density at radius 3 is 2.91 bits per heavy atom. The van der Waals surface area contributed by atoms with Gasteiger partial charge in [0.05, 0.1) is 17.6 Å². The molecule has 0 saturated heterocycles. The fraction of sp³-hybridized carbons (Fsp3) is 0.529. The van der Waals surface area contributed by atoms with E-state index in [1.165, 1.54) is 6.08 Å². The molecule has 0 aromatic carbocycles. The summed E-state index contributed by atoms with van der Waals surface area (Å²) in [7, 11) is 0. The summed E-state index contributed by atoms with van der Waals surface area (Å²) < 4.78 is 13.6. The van der Waals surface area contributed by atoms with E-state index in [1.807, 2.05) is 13.8 Å². The molecule has 4 nitrogen and oxygen atoms in total. The molecule has 3 rings (SSSR count). The maximum absolute atomic E-state index is 13.6. The lowest BCUT2D eigenvalue weighted by Gasteiger charge is -2.28. The number of allylic oxidation sites excluding steroid dienone is 4. The molecule has 1 unspecified atom stereocenters. The Morgan fingerprint density at radius 2 is 2.27 bits per heavy atom. The minimum Gasteiger partial charge on any atom is -0.396 e. The number of aryl methyl sites for hydroxylation is 2. The van der Waals surface area contributed by atoms with Crippen molar-refractivity contribution in [3.8, 4) is 0 Å². The van der Waals surface area contributed by atoms with Crippen molar-refractivity contribution in [3.05, 3.63) is 41.8 Å². The Balaban J connectivity index is 1.73. The number of anilines is 1. The Labute approximate surface area is 130 Å². The van der Waals surface area contributed by atoms with Crippen molar-refractivity contribution in [2.75, 3.05) is 18.5 Å². The largest absolute Gasteiger partial charge is 0.396 e. The lowest BCUT2D eigenvalue weighted by atomic mass is 9.81. The zero-order valence-corrected chi connectivity index (χ0v) is 13.0. The van der Waals surface area contributed by atoms with Crippen LogP contribution >= 0.6 is 0 Å². The van der Waals surface area contributed by atoms with Crippen LogP contribution in [0.2, 0.25) is 0 Å². The summed E-state index contributed by atoms with van der Waals surface area (Å²) in [5, 5.41) is 12.9. The maximum atomic E-state index is 13.6. The Morgan fingerprint density at radius 1 is 1.45 bits per heavy atom. The molecule has 1 aromatic rings. The standard InChI is InChI=1S/C17H22FN3O/c1-11-16(8-19-12(2)21-11)20-10-17(7-14(17)9-22)13-4-3-5-15(18)6-13/h3-5,8,13-14,20,22H,6-7,9-10H2,1-2H3/t13?,14-,17+/m0/s1. The number of aliphatic hydroxyl groups excluding tert-OH is 1. The zero-order chi connectivity index (χ0) is 15.7. The van der Waals surface area contributed by atoms with E-state index >= 15 is 0 Å². The number of nitrogens with zero attached hydrogens (tertiary/aromatic N) is 2. The highest BCUT2D eigenvalue weighted by Gasteiger charge is 2.57.